The van der Waals surface area contributed by atoms with Crippen LogP contribution in [0.2, 0.25) is 0 Å². The lowest BCUT2D eigenvalue weighted by molar-refractivity contribution is -0.144. The topological polar surface area (TPSA) is 115 Å². The Labute approximate surface area is 166 Å². The van der Waals surface area contributed by atoms with Crippen LogP contribution in [0.3, 0.4) is 0 Å². The van der Waals surface area contributed by atoms with E-state index in [9.17, 15) is 14.4 Å². The van der Waals surface area contributed by atoms with E-state index in [0.29, 0.717) is 11.6 Å². The third-order valence-electron chi connectivity index (χ3n) is 4.07. The van der Waals surface area contributed by atoms with Crippen LogP contribution in [-0.4, -0.2) is 34.2 Å². The summed E-state index contributed by atoms with van der Waals surface area (Å²) in [7, 11) is 0. The minimum atomic E-state index is -0.413. The summed E-state index contributed by atoms with van der Waals surface area (Å²) >= 11 is 1.70. The molecule has 0 aliphatic carbocycles. The van der Waals surface area contributed by atoms with Crippen LogP contribution in [0, 0.1) is 0 Å². The standard InChI is InChI=1S/C18H22N4O5S/c1-2-26-17(25)6-5-15(23)20-18-13-10-28-11-14(13)21-22(18)9-16(24)19-8-12-4-3-7-27-12/h3-4,7H,2,5-6,8-11H2,1H3,(H,19,24)(H,20,23). The predicted octanol–water partition coefficient (Wildman–Crippen LogP) is 1.82. The third kappa shape index (κ3) is 5.16. The first-order valence-corrected chi connectivity index (χ1v) is 10.1. The highest BCUT2D eigenvalue weighted by molar-refractivity contribution is 7.98. The molecule has 0 saturated heterocycles. The highest BCUT2D eigenvalue weighted by atomic mass is 32.2. The van der Waals surface area contributed by atoms with Gasteiger partial charge in [-0.15, -0.1) is 0 Å². The van der Waals surface area contributed by atoms with E-state index in [0.717, 1.165) is 22.8 Å². The number of amides is 2. The van der Waals surface area contributed by atoms with Crippen molar-refractivity contribution in [3.8, 4) is 0 Å². The number of furan rings is 1. The van der Waals surface area contributed by atoms with Gasteiger partial charge in [0.2, 0.25) is 11.8 Å². The molecule has 1 aliphatic rings. The number of ether oxygens (including phenoxy) is 1. The fourth-order valence-electron chi connectivity index (χ4n) is 2.75. The van der Waals surface area contributed by atoms with Crippen molar-refractivity contribution in [2.45, 2.75) is 44.4 Å². The van der Waals surface area contributed by atoms with Crippen LogP contribution in [0.25, 0.3) is 0 Å². The molecule has 0 radical (unpaired) electrons. The Morgan fingerprint density at radius 2 is 2.14 bits per heavy atom. The van der Waals surface area contributed by atoms with Crippen LogP contribution < -0.4 is 10.6 Å². The Hall–Kier alpha value is -2.75. The zero-order valence-corrected chi connectivity index (χ0v) is 16.3. The maximum absolute atomic E-state index is 12.3. The molecule has 0 bridgehead atoms. The van der Waals surface area contributed by atoms with Gasteiger partial charge in [-0.2, -0.15) is 16.9 Å². The fraction of sp³-hybridized carbons (Fsp3) is 0.444. The molecule has 0 fully saturated rings. The number of fused-ring (bicyclic) bond motifs is 1. The lowest BCUT2D eigenvalue weighted by atomic mass is 10.2. The van der Waals surface area contributed by atoms with Gasteiger partial charge in [0.05, 0.1) is 31.5 Å². The first kappa shape index (κ1) is 20.0. The molecule has 9 nitrogen and oxygen atoms in total. The molecule has 2 aromatic heterocycles. The SMILES string of the molecule is CCOC(=O)CCC(=O)Nc1c2c(nn1CC(=O)NCc1ccco1)CSC2. The minimum Gasteiger partial charge on any atom is -0.467 e. The van der Waals surface area contributed by atoms with Crippen molar-refractivity contribution >= 4 is 35.4 Å². The van der Waals surface area contributed by atoms with Gasteiger partial charge in [0, 0.05) is 23.5 Å². The summed E-state index contributed by atoms with van der Waals surface area (Å²) in [5.74, 6) is 1.66. The summed E-state index contributed by atoms with van der Waals surface area (Å²) in [6, 6.07) is 3.52. The molecular formula is C18H22N4O5S. The quantitative estimate of drug-likeness (QED) is 0.610. The number of thioether (sulfide) groups is 1. The number of rotatable bonds is 9. The first-order chi connectivity index (χ1) is 13.6. The van der Waals surface area contributed by atoms with Gasteiger partial charge in [-0.3, -0.25) is 14.4 Å². The molecule has 0 spiro atoms. The maximum atomic E-state index is 12.3. The third-order valence-corrected chi connectivity index (χ3v) is 5.04. The number of esters is 1. The average molecular weight is 406 g/mol. The van der Waals surface area contributed by atoms with Gasteiger partial charge in [-0.1, -0.05) is 0 Å². The van der Waals surface area contributed by atoms with Crippen LogP contribution in [0.4, 0.5) is 5.82 Å². The fourth-order valence-corrected chi connectivity index (χ4v) is 3.79. The molecule has 1 aliphatic heterocycles. The molecule has 3 rings (SSSR count). The Bertz CT molecular complexity index is 847. The lowest BCUT2D eigenvalue weighted by Crippen LogP contribution is -2.28. The summed E-state index contributed by atoms with van der Waals surface area (Å²) < 4.78 is 11.5. The number of hydrogen-bond acceptors (Lipinski definition) is 7. The maximum Gasteiger partial charge on any atom is 0.306 e. The number of anilines is 1. The van der Waals surface area contributed by atoms with E-state index in [2.05, 4.69) is 15.7 Å². The van der Waals surface area contributed by atoms with E-state index < -0.39 is 5.97 Å². The van der Waals surface area contributed by atoms with Crippen molar-refractivity contribution in [1.29, 1.82) is 0 Å². The van der Waals surface area contributed by atoms with Gasteiger partial charge in [0.25, 0.3) is 0 Å². The molecule has 2 aromatic rings. The van der Waals surface area contributed by atoms with Crippen molar-refractivity contribution < 1.29 is 23.5 Å². The molecule has 150 valence electrons. The van der Waals surface area contributed by atoms with Crippen LogP contribution in [0.5, 0.6) is 0 Å². The summed E-state index contributed by atoms with van der Waals surface area (Å²) in [4.78, 5) is 36.0. The van der Waals surface area contributed by atoms with Crippen molar-refractivity contribution in [2.24, 2.45) is 0 Å². The van der Waals surface area contributed by atoms with Gasteiger partial charge < -0.3 is 19.8 Å². The van der Waals surface area contributed by atoms with Gasteiger partial charge in [-0.25, -0.2) is 4.68 Å². The van der Waals surface area contributed by atoms with Gasteiger partial charge >= 0.3 is 5.97 Å². The molecule has 2 amide bonds. The zero-order chi connectivity index (χ0) is 19.9. The summed E-state index contributed by atoms with van der Waals surface area (Å²) in [6.07, 6.45) is 1.56. The minimum absolute atomic E-state index is 0.00832. The molecule has 28 heavy (non-hydrogen) atoms. The molecule has 0 saturated carbocycles. The van der Waals surface area contributed by atoms with Gasteiger partial charge in [0.1, 0.15) is 18.1 Å². The predicted molar refractivity (Wildman–Crippen MR) is 102 cm³/mol. The number of nitrogens with one attached hydrogen (secondary N) is 2. The molecule has 10 heteroatoms. The summed E-state index contributed by atoms with van der Waals surface area (Å²) in [5, 5.41) is 10.0. The Morgan fingerprint density at radius 1 is 1.29 bits per heavy atom. The van der Waals surface area contributed by atoms with Crippen molar-refractivity contribution in [1.82, 2.24) is 15.1 Å². The Morgan fingerprint density at radius 3 is 2.89 bits per heavy atom. The molecule has 0 aromatic carbocycles. The molecule has 2 N–H and O–H groups in total. The first-order valence-electron chi connectivity index (χ1n) is 8.97. The Kier molecular flexibility index (Phi) is 6.75. The number of nitrogens with zero attached hydrogens (tertiary/aromatic N) is 2. The lowest BCUT2D eigenvalue weighted by Gasteiger charge is -2.11. The number of carbonyl (C=O) groups excluding carboxylic acids is 3. The van der Waals surface area contributed by atoms with Crippen molar-refractivity contribution in [3.63, 3.8) is 0 Å². The van der Waals surface area contributed by atoms with Gasteiger partial charge in [-0.05, 0) is 19.1 Å². The molecule has 0 atom stereocenters. The van der Waals surface area contributed by atoms with Crippen LogP contribution in [-0.2, 0) is 43.7 Å². The highest BCUT2D eigenvalue weighted by Crippen LogP contribution is 2.34. The number of carbonyl (C=O) groups is 3. The second kappa shape index (κ2) is 9.45. The smallest absolute Gasteiger partial charge is 0.306 e. The van der Waals surface area contributed by atoms with Gasteiger partial charge in [0.15, 0.2) is 0 Å². The number of hydrogen-bond donors (Lipinski definition) is 2. The second-order valence-electron chi connectivity index (χ2n) is 6.13. The summed E-state index contributed by atoms with van der Waals surface area (Å²) in [5.41, 5.74) is 1.79. The van der Waals surface area contributed by atoms with E-state index in [-0.39, 0.29) is 44.4 Å². The summed E-state index contributed by atoms with van der Waals surface area (Å²) in [6.45, 7) is 2.26. The van der Waals surface area contributed by atoms with E-state index in [1.165, 1.54) is 4.68 Å². The number of aromatic nitrogens is 2. The Balaban J connectivity index is 1.61. The van der Waals surface area contributed by atoms with Crippen molar-refractivity contribution in [2.75, 3.05) is 11.9 Å². The molecular weight excluding hydrogens is 384 g/mol. The molecule has 3 heterocycles. The normalized spacial score (nSPS) is 12.5. The van der Waals surface area contributed by atoms with Crippen LogP contribution in [0.1, 0.15) is 36.8 Å². The van der Waals surface area contributed by atoms with Crippen LogP contribution >= 0.6 is 11.8 Å². The monoisotopic (exact) mass is 406 g/mol. The molecule has 0 unspecified atom stereocenters. The highest BCUT2D eigenvalue weighted by Gasteiger charge is 2.25. The van der Waals surface area contributed by atoms with Crippen LogP contribution in [0.15, 0.2) is 22.8 Å². The largest absolute Gasteiger partial charge is 0.467 e. The van der Waals surface area contributed by atoms with Crippen molar-refractivity contribution in [3.05, 3.63) is 35.4 Å². The van der Waals surface area contributed by atoms with E-state index in [4.69, 9.17) is 9.15 Å². The van der Waals surface area contributed by atoms with E-state index in [1.807, 2.05) is 0 Å². The average Bonchev–Trinajstić information content (AvgIpc) is 3.39. The van der Waals surface area contributed by atoms with E-state index in [1.54, 1.807) is 37.1 Å². The zero-order valence-electron chi connectivity index (χ0n) is 15.5. The second-order valence-corrected chi connectivity index (χ2v) is 7.12. The van der Waals surface area contributed by atoms with E-state index >= 15 is 0 Å².